The van der Waals surface area contributed by atoms with E-state index in [1.165, 1.54) is 7.11 Å². The predicted octanol–water partition coefficient (Wildman–Crippen LogP) is 1.26. The number of carbonyl (C=O) groups is 1. The van der Waals surface area contributed by atoms with Crippen LogP contribution in [-0.2, 0) is 9.53 Å². The SMILES string of the molecule is COC(=O)C[C@H](N)c1cccc(OC)c1. The molecule has 4 heteroatoms. The Morgan fingerprint density at radius 1 is 1.47 bits per heavy atom. The molecule has 2 N–H and O–H groups in total. The van der Waals surface area contributed by atoms with Crippen LogP contribution in [0.1, 0.15) is 18.0 Å². The number of esters is 1. The largest absolute Gasteiger partial charge is 0.497 e. The van der Waals surface area contributed by atoms with E-state index in [1.54, 1.807) is 7.11 Å². The maximum absolute atomic E-state index is 11.0. The molecule has 82 valence electrons. The Balaban J connectivity index is 2.72. The van der Waals surface area contributed by atoms with Crippen LogP contribution in [0.5, 0.6) is 5.75 Å². The van der Waals surface area contributed by atoms with E-state index in [0.717, 1.165) is 11.3 Å². The van der Waals surface area contributed by atoms with Crippen LogP contribution in [-0.4, -0.2) is 20.2 Å². The van der Waals surface area contributed by atoms with Crippen LogP contribution < -0.4 is 10.5 Å². The Kier molecular flexibility index (Phi) is 4.12. The summed E-state index contributed by atoms with van der Waals surface area (Å²) in [6, 6.07) is 6.98. The van der Waals surface area contributed by atoms with Crippen LogP contribution in [0.3, 0.4) is 0 Å². The quantitative estimate of drug-likeness (QED) is 0.758. The van der Waals surface area contributed by atoms with Crippen molar-refractivity contribution in [3.63, 3.8) is 0 Å². The molecule has 0 aliphatic rings. The zero-order chi connectivity index (χ0) is 11.3. The van der Waals surface area contributed by atoms with Gasteiger partial charge in [0.15, 0.2) is 0 Å². The molecule has 0 aromatic heterocycles. The second-order valence-corrected chi connectivity index (χ2v) is 3.16. The standard InChI is InChI=1S/C11H15NO3/c1-14-9-5-3-4-8(6-9)10(12)7-11(13)15-2/h3-6,10H,7,12H2,1-2H3/t10-/m0/s1. The molecule has 0 aliphatic heterocycles. The molecular weight excluding hydrogens is 194 g/mol. The van der Waals surface area contributed by atoms with Gasteiger partial charge in [0.2, 0.25) is 0 Å². The number of ether oxygens (including phenoxy) is 2. The maximum atomic E-state index is 11.0. The molecule has 0 radical (unpaired) electrons. The maximum Gasteiger partial charge on any atom is 0.307 e. The first-order chi connectivity index (χ1) is 7.17. The van der Waals surface area contributed by atoms with Crippen LogP contribution in [0.15, 0.2) is 24.3 Å². The topological polar surface area (TPSA) is 61.5 Å². The van der Waals surface area contributed by atoms with Crippen molar-refractivity contribution in [1.82, 2.24) is 0 Å². The third kappa shape index (κ3) is 3.25. The average Bonchev–Trinajstić information content (AvgIpc) is 2.28. The fourth-order valence-electron chi connectivity index (χ4n) is 1.25. The van der Waals surface area contributed by atoms with E-state index in [-0.39, 0.29) is 18.4 Å². The fourth-order valence-corrected chi connectivity index (χ4v) is 1.25. The predicted molar refractivity (Wildman–Crippen MR) is 56.6 cm³/mol. The molecule has 0 bridgehead atoms. The van der Waals surface area contributed by atoms with Gasteiger partial charge < -0.3 is 15.2 Å². The van der Waals surface area contributed by atoms with Crippen LogP contribution in [0.25, 0.3) is 0 Å². The number of hydrogen-bond donors (Lipinski definition) is 1. The van der Waals surface area contributed by atoms with Crippen molar-refractivity contribution in [1.29, 1.82) is 0 Å². The molecule has 4 nitrogen and oxygen atoms in total. The van der Waals surface area contributed by atoms with Gasteiger partial charge in [0.1, 0.15) is 5.75 Å². The zero-order valence-electron chi connectivity index (χ0n) is 8.90. The lowest BCUT2D eigenvalue weighted by Crippen LogP contribution is -2.16. The summed E-state index contributed by atoms with van der Waals surface area (Å²) in [4.78, 5) is 11.0. The highest BCUT2D eigenvalue weighted by molar-refractivity contribution is 5.70. The summed E-state index contributed by atoms with van der Waals surface area (Å²) in [5.41, 5.74) is 6.70. The molecule has 1 rings (SSSR count). The van der Waals surface area contributed by atoms with E-state index in [2.05, 4.69) is 4.74 Å². The molecule has 1 atom stereocenters. The number of nitrogens with two attached hydrogens (primary N) is 1. The molecule has 0 amide bonds. The van der Waals surface area contributed by atoms with Crippen molar-refractivity contribution in [2.75, 3.05) is 14.2 Å². The normalized spacial score (nSPS) is 11.9. The zero-order valence-corrected chi connectivity index (χ0v) is 8.90. The highest BCUT2D eigenvalue weighted by Gasteiger charge is 2.12. The lowest BCUT2D eigenvalue weighted by molar-refractivity contribution is -0.141. The van der Waals surface area contributed by atoms with E-state index in [4.69, 9.17) is 10.5 Å². The van der Waals surface area contributed by atoms with Gasteiger partial charge in [-0.3, -0.25) is 4.79 Å². The van der Waals surface area contributed by atoms with E-state index in [9.17, 15) is 4.79 Å². The van der Waals surface area contributed by atoms with Crippen LogP contribution in [0.2, 0.25) is 0 Å². The van der Waals surface area contributed by atoms with Gasteiger partial charge in [0.25, 0.3) is 0 Å². The van der Waals surface area contributed by atoms with Gasteiger partial charge in [-0.1, -0.05) is 12.1 Å². The molecule has 0 heterocycles. The van der Waals surface area contributed by atoms with Crippen LogP contribution >= 0.6 is 0 Å². The second-order valence-electron chi connectivity index (χ2n) is 3.16. The summed E-state index contributed by atoms with van der Waals surface area (Å²) >= 11 is 0. The van der Waals surface area contributed by atoms with Crippen molar-refractivity contribution in [3.8, 4) is 5.75 Å². The minimum atomic E-state index is -0.354. The van der Waals surface area contributed by atoms with Crippen molar-refractivity contribution in [2.45, 2.75) is 12.5 Å². The van der Waals surface area contributed by atoms with Gasteiger partial charge in [-0.05, 0) is 17.7 Å². The smallest absolute Gasteiger partial charge is 0.307 e. The molecule has 0 aliphatic carbocycles. The Morgan fingerprint density at radius 2 is 2.20 bits per heavy atom. The first-order valence-electron chi connectivity index (χ1n) is 4.63. The van der Waals surface area contributed by atoms with Gasteiger partial charge in [-0.25, -0.2) is 0 Å². The van der Waals surface area contributed by atoms with E-state index < -0.39 is 0 Å². The Hall–Kier alpha value is -1.55. The summed E-state index contributed by atoms with van der Waals surface area (Å²) in [7, 11) is 2.94. The Labute approximate surface area is 89.0 Å². The third-order valence-electron chi connectivity index (χ3n) is 2.14. The highest BCUT2D eigenvalue weighted by Crippen LogP contribution is 2.19. The number of hydrogen-bond acceptors (Lipinski definition) is 4. The first kappa shape index (κ1) is 11.5. The number of methoxy groups -OCH3 is 2. The number of carbonyl (C=O) groups excluding carboxylic acids is 1. The molecule has 15 heavy (non-hydrogen) atoms. The van der Waals surface area contributed by atoms with E-state index in [1.807, 2.05) is 24.3 Å². The monoisotopic (exact) mass is 209 g/mol. The lowest BCUT2D eigenvalue weighted by atomic mass is 10.0. The fraction of sp³-hybridized carbons (Fsp3) is 0.364. The van der Waals surface area contributed by atoms with Gasteiger partial charge in [-0.2, -0.15) is 0 Å². The van der Waals surface area contributed by atoms with Crippen molar-refractivity contribution in [3.05, 3.63) is 29.8 Å². The van der Waals surface area contributed by atoms with Crippen molar-refractivity contribution < 1.29 is 14.3 Å². The summed E-state index contributed by atoms with van der Waals surface area (Å²) in [5.74, 6) is 0.415. The molecule has 0 spiro atoms. The van der Waals surface area contributed by atoms with Gasteiger partial charge in [-0.15, -0.1) is 0 Å². The van der Waals surface area contributed by atoms with Crippen LogP contribution in [0, 0.1) is 0 Å². The number of benzene rings is 1. The van der Waals surface area contributed by atoms with Gasteiger partial charge in [0.05, 0.1) is 20.6 Å². The van der Waals surface area contributed by atoms with E-state index in [0.29, 0.717) is 0 Å². The molecular formula is C11H15NO3. The molecule has 0 saturated heterocycles. The summed E-state index contributed by atoms with van der Waals surface area (Å²) in [5, 5.41) is 0. The summed E-state index contributed by atoms with van der Waals surface area (Å²) in [6.07, 6.45) is 0.170. The van der Waals surface area contributed by atoms with Gasteiger partial charge in [0, 0.05) is 6.04 Å². The Bertz CT molecular complexity index is 338. The molecule has 0 fully saturated rings. The molecule has 0 saturated carbocycles. The second kappa shape index (κ2) is 5.36. The molecule has 0 unspecified atom stereocenters. The van der Waals surface area contributed by atoms with Crippen molar-refractivity contribution >= 4 is 5.97 Å². The molecule has 1 aromatic carbocycles. The van der Waals surface area contributed by atoms with E-state index >= 15 is 0 Å². The average molecular weight is 209 g/mol. The Morgan fingerprint density at radius 3 is 2.80 bits per heavy atom. The highest BCUT2D eigenvalue weighted by atomic mass is 16.5. The van der Waals surface area contributed by atoms with Crippen LogP contribution in [0.4, 0.5) is 0 Å². The van der Waals surface area contributed by atoms with Gasteiger partial charge >= 0.3 is 5.97 Å². The molecule has 1 aromatic rings. The number of rotatable bonds is 4. The summed E-state index contributed by atoms with van der Waals surface area (Å²) < 4.78 is 9.61. The third-order valence-corrected chi connectivity index (χ3v) is 2.14. The lowest BCUT2D eigenvalue weighted by Gasteiger charge is -2.11. The van der Waals surface area contributed by atoms with Crippen molar-refractivity contribution in [2.24, 2.45) is 5.73 Å². The minimum Gasteiger partial charge on any atom is -0.497 e. The summed E-state index contributed by atoms with van der Waals surface area (Å²) in [6.45, 7) is 0. The first-order valence-corrected chi connectivity index (χ1v) is 4.63. The minimum absolute atomic E-state index is 0.170.